The molecule has 744 valence electrons. The maximum Gasteiger partial charge on any atom is 0.416 e. The monoisotopic (exact) mass is 2360 g/mol. The van der Waals surface area contributed by atoms with Crippen molar-refractivity contribution in [2.24, 2.45) is 0 Å². The number of fused-ring (bicyclic) bond motifs is 9. The Morgan fingerprint density at radius 3 is 0.707 bits per heavy atom. The molecule has 0 amide bonds. The maximum absolute atomic E-state index is 12.7. The van der Waals surface area contributed by atoms with Gasteiger partial charge in [-0.3, -0.25) is 0 Å². The molecule has 3 aliphatic carbocycles. The van der Waals surface area contributed by atoms with Gasteiger partial charge in [-0.05, 0) is 437 Å². The average Bonchev–Trinajstić information content (AvgIpc) is 1.59. The molecule has 3 aliphatic rings. The highest BCUT2D eigenvalue weighted by molar-refractivity contribution is 14.1. The van der Waals surface area contributed by atoms with Crippen LogP contribution in [0.25, 0.3) is 66.8 Å². The van der Waals surface area contributed by atoms with Gasteiger partial charge in [-0.15, -0.1) is 0 Å². The summed E-state index contributed by atoms with van der Waals surface area (Å²) in [5.74, 6) is 2.57. The molecule has 0 heterocycles. The summed E-state index contributed by atoms with van der Waals surface area (Å²) in [7, 11) is 5.01. The molecule has 21 rings (SSSR count). The minimum atomic E-state index is -4.33. The summed E-state index contributed by atoms with van der Waals surface area (Å²) >= 11 is 23.8. The van der Waals surface area contributed by atoms with Gasteiger partial charge in [-0.2, -0.15) is 39.5 Å². The lowest BCUT2D eigenvalue weighted by atomic mass is 9.82. The highest BCUT2D eigenvalue weighted by Crippen LogP contribution is 2.54. The third-order valence-corrected chi connectivity index (χ3v) is 28.6. The number of halogens is 15. The minimum Gasteiger partial charge on any atom is -0.497 e. The van der Waals surface area contributed by atoms with Crippen molar-refractivity contribution in [1.82, 2.24) is 0 Å². The van der Waals surface area contributed by atoms with Crippen molar-refractivity contribution in [1.29, 1.82) is 0 Å². The quantitative estimate of drug-likeness (QED) is 0.0371. The first kappa shape index (κ1) is 106. The van der Waals surface area contributed by atoms with Crippen molar-refractivity contribution in [3.8, 4) is 84.0 Å². The van der Waals surface area contributed by atoms with Crippen LogP contribution in [0.15, 0.2) is 409 Å². The first-order chi connectivity index (χ1) is 70.2. The third kappa shape index (κ3) is 26.4. The molecule has 0 bridgehead atoms. The van der Waals surface area contributed by atoms with Gasteiger partial charge in [-0.1, -0.05) is 206 Å². The third-order valence-electron chi connectivity index (χ3n) is 25.7. The lowest BCUT2D eigenvalue weighted by Gasteiger charge is -2.22. The maximum atomic E-state index is 12.7. The summed E-state index contributed by atoms with van der Waals surface area (Å²) < 4.78 is 135. The average molecular weight is 2360 g/mol. The number of nitrogens with one attached hydrogen (secondary N) is 6. The van der Waals surface area contributed by atoms with Crippen LogP contribution in [0.5, 0.6) is 17.2 Å². The van der Waals surface area contributed by atoms with Crippen LogP contribution in [-0.2, 0) is 34.8 Å². The topological polar surface area (TPSA) is 99.9 Å². The van der Waals surface area contributed by atoms with Gasteiger partial charge in [0.15, 0.2) is 0 Å². The van der Waals surface area contributed by atoms with E-state index >= 15 is 0 Å². The molecule has 0 atom stereocenters. The summed E-state index contributed by atoms with van der Waals surface area (Å²) in [6.07, 6.45) is -13.0. The fourth-order valence-corrected chi connectivity index (χ4v) is 19.6. The Kier molecular flexibility index (Phi) is 33.2. The molecule has 6 N–H and O–H groups in total. The van der Waals surface area contributed by atoms with E-state index in [-0.39, 0.29) is 16.2 Å². The molecular formula is C123H99Br2Cl2F9I2N6O3. The molecule has 0 saturated carbocycles. The fourth-order valence-electron chi connectivity index (χ4n) is 17.8. The van der Waals surface area contributed by atoms with Crippen molar-refractivity contribution in [3.05, 3.63) is 477 Å². The first-order valence-corrected chi connectivity index (χ1v) is 51.2. The van der Waals surface area contributed by atoms with Gasteiger partial charge in [0.05, 0.1) is 38.0 Å². The predicted molar refractivity (Wildman–Crippen MR) is 612 cm³/mol. The Morgan fingerprint density at radius 2 is 0.415 bits per heavy atom. The van der Waals surface area contributed by atoms with Crippen LogP contribution in [0, 0.1) is 7.14 Å². The van der Waals surface area contributed by atoms with E-state index in [1.54, 1.807) is 21.3 Å². The molecule has 0 unspecified atom stereocenters. The number of ether oxygens (including phenoxy) is 3. The summed E-state index contributed by atoms with van der Waals surface area (Å²) in [6, 6.07) is 126. The number of rotatable bonds is 18. The highest BCUT2D eigenvalue weighted by Gasteiger charge is 2.40. The van der Waals surface area contributed by atoms with Crippen molar-refractivity contribution >= 4 is 168 Å². The van der Waals surface area contributed by atoms with Crippen LogP contribution >= 0.6 is 100 Å². The second kappa shape index (κ2) is 45.9. The predicted octanol–water partition coefficient (Wildman–Crippen LogP) is 39.6. The Hall–Kier alpha value is -13.5. The van der Waals surface area contributed by atoms with Crippen molar-refractivity contribution in [3.63, 3.8) is 0 Å². The zero-order valence-electron chi connectivity index (χ0n) is 81.0. The second-order valence-electron chi connectivity index (χ2n) is 36.6. The molecular weight excluding hydrogens is 2260 g/mol. The molecule has 0 saturated heterocycles. The molecule has 147 heavy (non-hydrogen) atoms. The first-order valence-electron chi connectivity index (χ1n) is 46.7. The zero-order valence-corrected chi connectivity index (χ0v) is 90.0. The van der Waals surface area contributed by atoms with E-state index in [1.165, 1.54) is 121 Å². The van der Waals surface area contributed by atoms with Crippen molar-refractivity contribution in [2.45, 2.75) is 76.3 Å². The number of benzene rings is 18. The van der Waals surface area contributed by atoms with Crippen LogP contribution < -0.4 is 46.1 Å². The molecule has 0 aromatic heterocycles. The summed E-state index contributed by atoms with van der Waals surface area (Å²) in [6.45, 7) is 13.1. The largest absolute Gasteiger partial charge is 0.497 e. The fraction of sp³-hybridized carbons (Fsp3) is 0.122. The Bertz CT molecular complexity index is 6910. The Balaban J connectivity index is 0.000000126. The van der Waals surface area contributed by atoms with Crippen molar-refractivity contribution < 1.29 is 53.7 Å². The van der Waals surface area contributed by atoms with Crippen LogP contribution in [0.2, 0.25) is 10.0 Å². The van der Waals surface area contributed by atoms with Crippen LogP contribution in [0.1, 0.15) is 91.6 Å². The van der Waals surface area contributed by atoms with Gasteiger partial charge in [0, 0.05) is 111 Å². The number of methoxy groups -OCH3 is 3. The van der Waals surface area contributed by atoms with E-state index in [0.717, 1.165) is 141 Å². The van der Waals surface area contributed by atoms with Gasteiger partial charge < -0.3 is 46.1 Å². The van der Waals surface area contributed by atoms with E-state index < -0.39 is 35.2 Å². The number of alkyl halides is 9. The molecule has 0 spiro atoms. The summed E-state index contributed by atoms with van der Waals surface area (Å²) in [4.78, 5) is 0. The van der Waals surface area contributed by atoms with Crippen LogP contribution in [0.4, 0.5) is 108 Å². The van der Waals surface area contributed by atoms with Crippen LogP contribution in [0.3, 0.4) is 0 Å². The van der Waals surface area contributed by atoms with Gasteiger partial charge in [0.2, 0.25) is 0 Å². The normalized spacial score (nSPS) is 12.7. The van der Waals surface area contributed by atoms with Crippen LogP contribution in [-0.4, -0.2) is 21.3 Å². The van der Waals surface area contributed by atoms with E-state index in [4.69, 9.17) is 37.4 Å². The number of hydrogen-bond donors (Lipinski definition) is 6. The smallest absolute Gasteiger partial charge is 0.416 e. The molecule has 18 aromatic carbocycles. The second-order valence-corrected chi connectivity index (χ2v) is 41.8. The van der Waals surface area contributed by atoms with E-state index in [0.29, 0.717) is 22.1 Å². The van der Waals surface area contributed by atoms with Gasteiger partial charge in [-0.25, -0.2) is 0 Å². The highest BCUT2D eigenvalue weighted by atomic mass is 127. The summed E-state index contributed by atoms with van der Waals surface area (Å²) in [5.41, 5.74) is 30.0. The zero-order chi connectivity index (χ0) is 104. The molecule has 0 aliphatic heterocycles. The van der Waals surface area contributed by atoms with E-state index in [9.17, 15) is 39.5 Å². The molecule has 0 fully saturated rings. The standard InChI is InChI=1S/C22H17BrF3N.C22H17ClF3N.C22H17F3IN.C19H16BrNO.C19H16ClNO.C19H16INO/c2*1-21(2)19-11-14(23)5-9-17(19)18-10-8-16(12-20(18)21)27-15-6-3-13(4-7-15)22(24,25)26;1-21(2)19-11-14(26)5-9-17(19)18-10-8-16(12-20(18)21)27-15-6-3-13(4-7-15)22(23,24)25;3*1-22-19-12-10-18(11-13-19)21-17-8-4-15(5-9-17)14-2-6-16(20)7-3-14/h3*3-12,27H,1-2H3;3*2-13,21H,1H3. The lowest BCUT2D eigenvalue weighted by molar-refractivity contribution is -0.138. The van der Waals surface area contributed by atoms with E-state index in [1.807, 2.05) is 146 Å². The van der Waals surface area contributed by atoms with Gasteiger partial charge >= 0.3 is 18.5 Å². The lowest BCUT2D eigenvalue weighted by Crippen LogP contribution is -2.15. The van der Waals surface area contributed by atoms with Crippen molar-refractivity contribution in [2.75, 3.05) is 53.2 Å². The number of hydrogen-bond acceptors (Lipinski definition) is 9. The molecule has 18 aromatic rings. The number of anilines is 12. The molecule has 0 radical (unpaired) electrons. The Labute approximate surface area is 904 Å². The van der Waals surface area contributed by atoms with Gasteiger partial charge in [0.1, 0.15) is 17.2 Å². The minimum absolute atomic E-state index is 0.121. The van der Waals surface area contributed by atoms with Gasteiger partial charge in [0.25, 0.3) is 0 Å². The summed E-state index contributed by atoms with van der Waals surface area (Å²) in [5, 5.41) is 21.2. The Morgan fingerprint density at radius 1 is 0.218 bits per heavy atom. The molecule has 24 heteroatoms. The van der Waals surface area contributed by atoms with E-state index in [2.05, 4.69) is 332 Å². The SMILES string of the molecule is CC1(C)c2cc(Br)ccc2-c2ccc(Nc3ccc(C(F)(F)F)cc3)cc21.CC1(C)c2cc(Cl)ccc2-c2ccc(Nc3ccc(C(F)(F)F)cc3)cc21.CC1(C)c2cc(I)ccc2-c2ccc(Nc3ccc(C(F)(F)F)cc3)cc21.COc1ccc(Nc2ccc(-c3ccc(Br)cc3)cc2)cc1.COc1ccc(Nc2ccc(-c3ccc(Cl)cc3)cc2)cc1.COc1ccc(Nc2ccc(-c3ccc(I)cc3)cc2)cc1. The molecule has 9 nitrogen and oxygen atoms in total.